The van der Waals surface area contributed by atoms with Crippen molar-refractivity contribution in [3.63, 3.8) is 0 Å². The van der Waals surface area contributed by atoms with Crippen molar-refractivity contribution in [2.24, 2.45) is 5.92 Å². The number of benzene rings is 1. The fraction of sp³-hybridized carbons (Fsp3) is 0.591. The third-order valence-electron chi connectivity index (χ3n) is 6.74. The molecule has 0 spiro atoms. The van der Waals surface area contributed by atoms with Gasteiger partial charge in [0.25, 0.3) is 0 Å². The van der Waals surface area contributed by atoms with Gasteiger partial charge in [-0.25, -0.2) is 4.98 Å². The predicted molar refractivity (Wildman–Crippen MR) is 105 cm³/mol. The quantitative estimate of drug-likeness (QED) is 0.818. The molecule has 2 aliphatic heterocycles. The second kappa shape index (κ2) is 7.22. The van der Waals surface area contributed by atoms with Crippen LogP contribution in [0.1, 0.15) is 56.8 Å². The fourth-order valence-corrected chi connectivity index (χ4v) is 5.14. The van der Waals surface area contributed by atoms with Crippen molar-refractivity contribution in [1.29, 1.82) is 0 Å². The van der Waals surface area contributed by atoms with Crippen LogP contribution in [0.3, 0.4) is 0 Å². The van der Waals surface area contributed by atoms with Crippen molar-refractivity contribution in [3.05, 3.63) is 30.2 Å². The molecule has 1 aromatic heterocycles. The SMILES string of the molecule is O=C([C@H]1CC(=O)N(C2CCCC2)C1)N1CCC(c2nc3ccccc3o2)CC1. The number of amides is 2. The lowest BCUT2D eigenvalue weighted by atomic mass is 9.95. The molecule has 3 aliphatic rings. The van der Waals surface area contributed by atoms with Crippen LogP contribution in [0.15, 0.2) is 28.7 Å². The van der Waals surface area contributed by atoms with E-state index in [2.05, 4.69) is 4.98 Å². The lowest BCUT2D eigenvalue weighted by molar-refractivity contribution is -0.136. The van der Waals surface area contributed by atoms with E-state index in [1.165, 1.54) is 12.8 Å². The normalized spacial score (nSPS) is 24.6. The first kappa shape index (κ1) is 17.7. The second-order valence-electron chi connectivity index (χ2n) is 8.50. The van der Waals surface area contributed by atoms with Gasteiger partial charge < -0.3 is 14.2 Å². The Morgan fingerprint density at radius 1 is 1.07 bits per heavy atom. The number of nitrogens with zero attached hydrogens (tertiary/aromatic N) is 3. The average molecular weight is 381 g/mol. The summed E-state index contributed by atoms with van der Waals surface area (Å²) in [7, 11) is 0. The molecular formula is C22H27N3O3. The summed E-state index contributed by atoms with van der Waals surface area (Å²) in [4.78, 5) is 34.0. The monoisotopic (exact) mass is 381 g/mol. The Morgan fingerprint density at radius 2 is 1.82 bits per heavy atom. The van der Waals surface area contributed by atoms with Crippen LogP contribution in [0.5, 0.6) is 0 Å². The molecule has 148 valence electrons. The van der Waals surface area contributed by atoms with Crippen molar-refractivity contribution in [1.82, 2.24) is 14.8 Å². The van der Waals surface area contributed by atoms with Gasteiger partial charge in [0.05, 0.1) is 5.92 Å². The maximum absolute atomic E-state index is 13.0. The van der Waals surface area contributed by atoms with Gasteiger partial charge in [0.15, 0.2) is 11.5 Å². The Bertz CT molecular complexity index is 845. The molecule has 0 N–H and O–H groups in total. The number of para-hydroxylation sites is 2. The molecule has 1 saturated carbocycles. The van der Waals surface area contributed by atoms with Crippen LogP contribution in [0.4, 0.5) is 0 Å². The zero-order valence-corrected chi connectivity index (χ0v) is 16.2. The van der Waals surface area contributed by atoms with Crippen molar-refractivity contribution in [2.75, 3.05) is 19.6 Å². The van der Waals surface area contributed by atoms with E-state index < -0.39 is 0 Å². The number of hydrogen-bond donors (Lipinski definition) is 0. The van der Waals surface area contributed by atoms with Crippen LogP contribution in [-0.2, 0) is 9.59 Å². The Kier molecular flexibility index (Phi) is 4.57. The molecular weight excluding hydrogens is 354 g/mol. The first-order valence-electron chi connectivity index (χ1n) is 10.6. The first-order valence-corrected chi connectivity index (χ1v) is 10.6. The van der Waals surface area contributed by atoms with Crippen LogP contribution < -0.4 is 0 Å². The number of aromatic nitrogens is 1. The largest absolute Gasteiger partial charge is 0.440 e. The second-order valence-corrected chi connectivity index (χ2v) is 8.50. The van der Waals surface area contributed by atoms with E-state index in [1.807, 2.05) is 34.1 Å². The summed E-state index contributed by atoms with van der Waals surface area (Å²) in [6.45, 7) is 2.06. The van der Waals surface area contributed by atoms with E-state index in [0.29, 0.717) is 19.0 Å². The third-order valence-corrected chi connectivity index (χ3v) is 6.74. The molecule has 0 unspecified atom stereocenters. The zero-order valence-electron chi connectivity index (χ0n) is 16.2. The molecule has 2 saturated heterocycles. The molecule has 0 radical (unpaired) electrons. The van der Waals surface area contributed by atoms with E-state index in [-0.39, 0.29) is 23.7 Å². The predicted octanol–water partition coefficient (Wildman–Crippen LogP) is 3.32. The van der Waals surface area contributed by atoms with Gasteiger partial charge in [-0.1, -0.05) is 25.0 Å². The maximum Gasteiger partial charge on any atom is 0.227 e. The number of carbonyl (C=O) groups is 2. The van der Waals surface area contributed by atoms with Gasteiger partial charge in [0.2, 0.25) is 11.8 Å². The third kappa shape index (κ3) is 3.19. The van der Waals surface area contributed by atoms with E-state index in [1.54, 1.807) is 0 Å². The van der Waals surface area contributed by atoms with Crippen LogP contribution >= 0.6 is 0 Å². The molecule has 3 fully saturated rings. The molecule has 3 heterocycles. The number of rotatable bonds is 3. The highest BCUT2D eigenvalue weighted by molar-refractivity contribution is 5.89. The highest BCUT2D eigenvalue weighted by Crippen LogP contribution is 2.33. The standard InChI is InChI=1S/C22H27N3O3/c26-20-13-16(14-25(20)17-5-1-2-6-17)22(27)24-11-9-15(10-12-24)21-23-18-7-3-4-8-19(18)28-21/h3-4,7-8,15-17H,1-2,5-6,9-14H2/t16-/m0/s1. The Balaban J connectivity index is 1.19. The summed E-state index contributed by atoms with van der Waals surface area (Å²) < 4.78 is 5.92. The van der Waals surface area contributed by atoms with Gasteiger partial charge in [-0.15, -0.1) is 0 Å². The zero-order chi connectivity index (χ0) is 19.1. The van der Waals surface area contributed by atoms with Crippen LogP contribution in [0.25, 0.3) is 11.1 Å². The van der Waals surface area contributed by atoms with Crippen molar-refractivity contribution < 1.29 is 14.0 Å². The number of piperidine rings is 1. The summed E-state index contributed by atoms with van der Waals surface area (Å²) in [5.41, 5.74) is 1.72. The number of carbonyl (C=O) groups excluding carboxylic acids is 2. The number of fused-ring (bicyclic) bond motifs is 1. The molecule has 2 aromatic rings. The van der Waals surface area contributed by atoms with Gasteiger partial charge in [-0.05, 0) is 37.8 Å². The minimum Gasteiger partial charge on any atom is -0.440 e. The first-order chi connectivity index (χ1) is 13.7. The lowest BCUT2D eigenvalue weighted by Crippen LogP contribution is -2.42. The average Bonchev–Trinajstić information content (AvgIpc) is 3.46. The van der Waals surface area contributed by atoms with Crippen LogP contribution in [-0.4, -0.2) is 52.3 Å². The summed E-state index contributed by atoms with van der Waals surface area (Å²) >= 11 is 0. The van der Waals surface area contributed by atoms with Gasteiger partial charge in [0, 0.05) is 38.0 Å². The molecule has 1 atom stereocenters. The van der Waals surface area contributed by atoms with Gasteiger partial charge >= 0.3 is 0 Å². The molecule has 5 rings (SSSR count). The highest BCUT2D eigenvalue weighted by Gasteiger charge is 2.40. The number of likely N-dealkylation sites (tertiary alicyclic amines) is 2. The van der Waals surface area contributed by atoms with Gasteiger partial charge in [-0.2, -0.15) is 0 Å². The topological polar surface area (TPSA) is 66.7 Å². The fourth-order valence-electron chi connectivity index (χ4n) is 5.14. The Morgan fingerprint density at radius 3 is 2.57 bits per heavy atom. The van der Waals surface area contributed by atoms with E-state index in [4.69, 9.17) is 4.42 Å². The van der Waals surface area contributed by atoms with E-state index in [0.717, 1.165) is 55.8 Å². The van der Waals surface area contributed by atoms with Crippen LogP contribution in [0, 0.1) is 5.92 Å². The molecule has 6 heteroatoms. The molecule has 6 nitrogen and oxygen atoms in total. The minimum atomic E-state index is -0.158. The van der Waals surface area contributed by atoms with E-state index >= 15 is 0 Å². The van der Waals surface area contributed by atoms with Crippen molar-refractivity contribution in [3.8, 4) is 0 Å². The minimum absolute atomic E-state index is 0.157. The molecule has 2 amide bonds. The molecule has 1 aromatic carbocycles. The van der Waals surface area contributed by atoms with Gasteiger partial charge in [-0.3, -0.25) is 9.59 Å². The summed E-state index contributed by atoms with van der Waals surface area (Å²) in [6.07, 6.45) is 6.73. The number of oxazole rings is 1. The maximum atomic E-state index is 13.0. The van der Waals surface area contributed by atoms with Crippen molar-refractivity contribution in [2.45, 2.75) is 56.9 Å². The number of hydrogen-bond acceptors (Lipinski definition) is 4. The molecule has 28 heavy (non-hydrogen) atoms. The van der Waals surface area contributed by atoms with E-state index in [9.17, 15) is 9.59 Å². The highest BCUT2D eigenvalue weighted by atomic mass is 16.3. The summed E-state index contributed by atoms with van der Waals surface area (Å²) in [6, 6.07) is 8.20. The van der Waals surface area contributed by atoms with Gasteiger partial charge in [0.1, 0.15) is 5.52 Å². The summed E-state index contributed by atoms with van der Waals surface area (Å²) in [5, 5.41) is 0. The smallest absolute Gasteiger partial charge is 0.227 e. The summed E-state index contributed by atoms with van der Waals surface area (Å²) in [5.74, 6) is 1.22. The Labute approximate surface area is 164 Å². The lowest BCUT2D eigenvalue weighted by Gasteiger charge is -2.32. The molecule has 0 bridgehead atoms. The van der Waals surface area contributed by atoms with Crippen molar-refractivity contribution >= 4 is 22.9 Å². The Hall–Kier alpha value is -2.37. The van der Waals surface area contributed by atoms with Crippen LogP contribution in [0.2, 0.25) is 0 Å². The molecule has 1 aliphatic carbocycles.